The van der Waals surface area contributed by atoms with Crippen LogP contribution in [0.5, 0.6) is 0 Å². The Morgan fingerprint density at radius 3 is 2.58 bits per heavy atom. The molecule has 0 radical (unpaired) electrons. The minimum atomic E-state index is -1.75. The number of rotatable bonds is 3. The molecule has 0 aromatic carbocycles. The Balaban J connectivity index is 2.88. The molecule has 0 aliphatic carbocycles. The van der Waals surface area contributed by atoms with Gasteiger partial charge in [-0.25, -0.2) is 14.0 Å². The summed E-state index contributed by atoms with van der Waals surface area (Å²) in [7, 11) is 0. The zero-order valence-corrected chi connectivity index (χ0v) is 11.5. The number of allylic oxidation sites excluding steroid dienone is 1. The van der Waals surface area contributed by atoms with Crippen molar-refractivity contribution in [1.82, 2.24) is 4.90 Å². The van der Waals surface area contributed by atoms with Gasteiger partial charge in [-0.15, -0.1) is 6.58 Å². The molecule has 1 N–H and O–H groups in total. The first-order valence-electron chi connectivity index (χ1n) is 6.10. The number of aliphatic carboxylic acids is 1. The lowest BCUT2D eigenvalue weighted by molar-refractivity contribution is -0.142. The Labute approximate surface area is 112 Å². The van der Waals surface area contributed by atoms with E-state index < -0.39 is 29.4 Å². The van der Waals surface area contributed by atoms with Gasteiger partial charge in [0, 0.05) is 12.8 Å². The van der Waals surface area contributed by atoms with Crippen LogP contribution in [-0.2, 0) is 9.53 Å². The zero-order chi connectivity index (χ0) is 14.8. The van der Waals surface area contributed by atoms with E-state index in [9.17, 15) is 14.0 Å². The number of carboxylic acid groups (broad SMARTS) is 1. The highest BCUT2D eigenvalue weighted by Crippen LogP contribution is 2.35. The molecule has 1 aliphatic rings. The van der Waals surface area contributed by atoms with Crippen LogP contribution in [0.15, 0.2) is 12.7 Å². The molecule has 19 heavy (non-hydrogen) atoms. The van der Waals surface area contributed by atoms with Crippen molar-refractivity contribution in [2.45, 2.75) is 50.9 Å². The van der Waals surface area contributed by atoms with Crippen molar-refractivity contribution in [2.75, 3.05) is 6.54 Å². The van der Waals surface area contributed by atoms with Gasteiger partial charge < -0.3 is 9.84 Å². The third kappa shape index (κ3) is 3.94. The number of nitrogens with zero attached hydrogens (tertiary/aromatic N) is 1. The van der Waals surface area contributed by atoms with Gasteiger partial charge in [-0.2, -0.15) is 0 Å². The molecule has 0 aromatic heterocycles. The molecule has 1 aliphatic heterocycles. The topological polar surface area (TPSA) is 66.8 Å². The van der Waals surface area contributed by atoms with Crippen LogP contribution in [0.2, 0.25) is 0 Å². The summed E-state index contributed by atoms with van der Waals surface area (Å²) in [6, 6.07) is -1.19. The van der Waals surface area contributed by atoms with Crippen molar-refractivity contribution in [1.29, 1.82) is 0 Å². The van der Waals surface area contributed by atoms with Gasteiger partial charge in [0.15, 0.2) is 0 Å². The van der Waals surface area contributed by atoms with Crippen LogP contribution in [0.4, 0.5) is 9.18 Å². The molecule has 108 valence electrons. The van der Waals surface area contributed by atoms with Gasteiger partial charge in [0.2, 0.25) is 0 Å². The molecule has 5 nitrogen and oxygen atoms in total. The van der Waals surface area contributed by atoms with E-state index in [0.29, 0.717) is 0 Å². The van der Waals surface area contributed by atoms with Crippen molar-refractivity contribution in [2.24, 2.45) is 0 Å². The first kappa shape index (κ1) is 15.5. The lowest BCUT2D eigenvalue weighted by atomic mass is 9.98. The smallest absolute Gasteiger partial charge is 0.411 e. The molecule has 1 heterocycles. The molecule has 1 saturated heterocycles. The number of carbonyl (C=O) groups is 2. The fourth-order valence-electron chi connectivity index (χ4n) is 2.08. The highest BCUT2D eigenvalue weighted by atomic mass is 19.1. The summed E-state index contributed by atoms with van der Waals surface area (Å²) in [6.07, 6.45) is 0.352. The van der Waals surface area contributed by atoms with Crippen LogP contribution >= 0.6 is 0 Å². The molecule has 0 saturated carbocycles. The summed E-state index contributed by atoms with van der Waals surface area (Å²) in [5, 5.41) is 9.09. The van der Waals surface area contributed by atoms with Gasteiger partial charge in [0.25, 0.3) is 0 Å². The van der Waals surface area contributed by atoms with E-state index in [1.165, 1.54) is 6.08 Å². The molecule has 6 heteroatoms. The predicted molar refractivity (Wildman–Crippen MR) is 67.6 cm³/mol. The van der Waals surface area contributed by atoms with Crippen LogP contribution in [0.25, 0.3) is 0 Å². The van der Waals surface area contributed by atoms with Gasteiger partial charge in [-0.1, -0.05) is 6.08 Å². The average molecular weight is 273 g/mol. The summed E-state index contributed by atoms with van der Waals surface area (Å²) in [5.74, 6) is -1.23. The number of amides is 1. The molecule has 0 aromatic rings. The molecular weight excluding hydrogens is 253 g/mol. The first-order chi connectivity index (χ1) is 8.58. The lowest BCUT2D eigenvalue weighted by Crippen LogP contribution is -2.43. The third-order valence-corrected chi connectivity index (χ3v) is 2.81. The molecule has 1 rings (SSSR count). The van der Waals surface area contributed by atoms with Gasteiger partial charge >= 0.3 is 12.1 Å². The van der Waals surface area contributed by atoms with Crippen LogP contribution in [0.3, 0.4) is 0 Å². The summed E-state index contributed by atoms with van der Waals surface area (Å²) in [4.78, 5) is 24.0. The predicted octanol–water partition coefficient (Wildman–Crippen LogP) is 2.36. The third-order valence-electron chi connectivity index (χ3n) is 2.81. The maximum Gasteiger partial charge on any atom is 0.411 e. The number of hydrogen-bond acceptors (Lipinski definition) is 3. The van der Waals surface area contributed by atoms with Gasteiger partial charge in [0.1, 0.15) is 17.3 Å². The Morgan fingerprint density at radius 2 is 2.16 bits per heavy atom. The molecule has 2 unspecified atom stereocenters. The van der Waals surface area contributed by atoms with Crippen molar-refractivity contribution in [3.63, 3.8) is 0 Å². The van der Waals surface area contributed by atoms with Crippen molar-refractivity contribution in [3.8, 4) is 0 Å². The van der Waals surface area contributed by atoms with Crippen LogP contribution in [0.1, 0.15) is 33.6 Å². The standard InChI is InChI=1S/C13H20FNO4/c1-5-6-13(14)7-9(10(16)17)15(8-13)11(18)19-12(2,3)4/h5,9H,1,6-8H2,2-4H3,(H,16,17). The second-order valence-corrected chi connectivity index (χ2v) is 5.81. The normalized spacial score (nSPS) is 27.2. The van der Waals surface area contributed by atoms with Crippen molar-refractivity contribution < 1.29 is 23.8 Å². The van der Waals surface area contributed by atoms with E-state index in [4.69, 9.17) is 9.84 Å². The zero-order valence-electron chi connectivity index (χ0n) is 11.5. The van der Waals surface area contributed by atoms with E-state index in [0.717, 1.165) is 4.90 Å². The lowest BCUT2D eigenvalue weighted by Gasteiger charge is -2.27. The summed E-state index contributed by atoms with van der Waals surface area (Å²) in [6.45, 7) is 8.17. The SMILES string of the molecule is C=CCC1(F)CC(C(=O)O)N(C(=O)OC(C)(C)C)C1. The number of halogens is 1. The fraction of sp³-hybridized carbons (Fsp3) is 0.692. The summed E-state index contributed by atoms with van der Waals surface area (Å²) >= 11 is 0. The Kier molecular flexibility index (Phi) is 4.22. The van der Waals surface area contributed by atoms with E-state index in [-0.39, 0.29) is 19.4 Å². The van der Waals surface area contributed by atoms with E-state index >= 15 is 0 Å². The molecule has 0 bridgehead atoms. The summed E-state index contributed by atoms with van der Waals surface area (Å²) < 4.78 is 19.5. The maximum atomic E-state index is 14.4. The minimum absolute atomic E-state index is 0.01000. The van der Waals surface area contributed by atoms with E-state index in [1.807, 2.05) is 0 Å². The first-order valence-corrected chi connectivity index (χ1v) is 6.10. The van der Waals surface area contributed by atoms with Crippen LogP contribution < -0.4 is 0 Å². The monoisotopic (exact) mass is 273 g/mol. The van der Waals surface area contributed by atoms with Crippen LogP contribution in [0, 0.1) is 0 Å². The summed E-state index contributed by atoms with van der Waals surface area (Å²) in [5.41, 5.74) is -2.50. The quantitative estimate of drug-likeness (QED) is 0.802. The fourth-order valence-corrected chi connectivity index (χ4v) is 2.08. The highest BCUT2D eigenvalue weighted by molar-refractivity contribution is 5.81. The molecular formula is C13H20FNO4. The number of carboxylic acids is 1. The molecule has 2 atom stereocenters. The van der Waals surface area contributed by atoms with Gasteiger partial charge in [-0.3, -0.25) is 4.90 Å². The second kappa shape index (κ2) is 5.19. The number of hydrogen-bond donors (Lipinski definition) is 1. The van der Waals surface area contributed by atoms with Crippen LogP contribution in [-0.4, -0.2) is 45.9 Å². The number of ether oxygens (including phenoxy) is 1. The van der Waals surface area contributed by atoms with E-state index in [1.54, 1.807) is 20.8 Å². The minimum Gasteiger partial charge on any atom is -0.480 e. The Hall–Kier alpha value is -1.59. The van der Waals surface area contributed by atoms with Crippen molar-refractivity contribution >= 4 is 12.1 Å². The molecule has 1 fully saturated rings. The maximum absolute atomic E-state index is 14.4. The molecule has 1 amide bonds. The molecule has 0 spiro atoms. The Morgan fingerprint density at radius 1 is 1.58 bits per heavy atom. The number of carbonyl (C=O) groups excluding carboxylic acids is 1. The van der Waals surface area contributed by atoms with Crippen molar-refractivity contribution in [3.05, 3.63) is 12.7 Å². The highest BCUT2D eigenvalue weighted by Gasteiger charge is 2.50. The average Bonchev–Trinajstić information content (AvgIpc) is 2.54. The largest absolute Gasteiger partial charge is 0.480 e. The number of likely N-dealkylation sites (tertiary alicyclic amines) is 1. The van der Waals surface area contributed by atoms with E-state index in [2.05, 4.69) is 6.58 Å². The van der Waals surface area contributed by atoms with Gasteiger partial charge in [0.05, 0.1) is 6.54 Å². The van der Waals surface area contributed by atoms with Gasteiger partial charge in [-0.05, 0) is 20.8 Å². The number of alkyl halides is 1. The Bertz CT molecular complexity index is 391. The second-order valence-electron chi connectivity index (χ2n) is 5.81.